The number of para-hydroxylation sites is 1. The fourth-order valence-electron chi connectivity index (χ4n) is 3.31. The summed E-state index contributed by atoms with van der Waals surface area (Å²) in [7, 11) is 0. The van der Waals surface area contributed by atoms with Gasteiger partial charge in [-0.05, 0) is 54.7 Å². The van der Waals surface area contributed by atoms with E-state index in [0.29, 0.717) is 23.0 Å². The van der Waals surface area contributed by atoms with E-state index in [1.54, 1.807) is 24.3 Å². The van der Waals surface area contributed by atoms with Gasteiger partial charge in [-0.15, -0.1) is 0 Å². The summed E-state index contributed by atoms with van der Waals surface area (Å²) >= 11 is 6.02. The molecule has 0 aromatic heterocycles. The smallest absolute Gasteiger partial charge is 0.262 e. The third kappa shape index (κ3) is 4.25. The standard InChI is InChI=1S/C21H21ClN2O3/c22-18-3-1-2-4-19(18)27-13-20(25)23-17-8-7-14-9-10-24(12-16(14)11-17)21(26)15-5-6-15/h1-4,7-8,11,15H,5-6,9-10,12-13H2,(H,23,25). The van der Waals surface area contributed by atoms with Crippen molar-refractivity contribution in [2.45, 2.75) is 25.8 Å². The van der Waals surface area contributed by atoms with Crippen molar-refractivity contribution in [1.82, 2.24) is 4.90 Å². The van der Waals surface area contributed by atoms with Gasteiger partial charge in [-0.2, -0.15) is 0 Å². The summed E-state index contributed by atoms with van der Waals surface area (Å²) in [6.45, 7) is 1.28. The van der Waals surface area contributed by atoms with E-state index in [4.69, 9.17) is 16.3 Å². The van der Waals surface area contributed by atoms with Gasteiger partial charge in [0.1, 0.15) is 5.75 Å². The Kier molecular flexibility index (Phi) is 5.03. The quantitative estimate of drug-likeness (QED) is 0.856. The molecule has 0 saturated heterocycles. The first-order valence-electron chi connectivity index (χ1n) is 9.18. The second-order valence-corrected chi connectivity index (χ2v) is 7.44. The number of benzene rings is 2. The number of hydrogen-bond acceptors (Lipinski definition) is 3. The molecule has 5 nitrogen and oxygen atoms in total. The zero-order chi connectivity index (χ0) is 18.8. The van der Waals surface area contributed by atoms with Crippen LogP contribution in [-0.4, -0.2) is 29.9 Å². The van der Waals surface area contributed by atoms with Gasteiger partial charge in [0.05, 0.1) is 5.02 Å². The molecule has 0 atom stereocenters. The van der Waals surface area contributed by atoms with Gasteiger partial charge in [-0.1, -0.05) is 29.8 Å². The van der Waals surface area contributed by atoms with Crippen LogP contribution in [0.15, 0.2) is 42.5 Å². The van der Waals surface area contributed by atoms with Gasteiger partial charge >= 0.3 is 0 Å². The van der Waals surface area contributed by atoms with Crippen LogP contribution in [0.5, 0.6) is 5.75 Å². The molecule has 2 aromatic carbocycles. The Balaban J connectivity index is 1.37. The first kappa shape index (κ1) is 17.9. The normalized spacial score (nSPS) is 15.8. The highest BCUT2D eigenvalue weighted by Gasteiger charge is 2.34. The van der Waals surface area contributed by atoms with Crippen molar-refractivity contribution in [2.24, 2.45) is 5.92 Å². The van der Waals surface area contributed by atoms with Crippen LogP contribution < -0.4 is 10.1 Å². The molecule has 2 aliphatic rings. The van der Waals surface area contributed by atoms with Crippen molar-refractivity contribution in [2.75, 3.05) is 18.5 Å². The van der Waals surface area contributed by atoms with Crippen molar-refractivity contribution in [3.05, 3.63) is 58.6 Å². The van der Waals surface area contributed by atoms with E-state index in [1.807, 2.05) is 23.1 Å². The van der Waals surface area contributed by atoms with Crippen LogP contribution >= 0.6 is 11.6 Å². The minimum Gasteiger partial charge on any atom is -0.482 e. The molecule has 1 aliphatic carbocycles. The Labute approximate surface area is 163 Å². The molecular weight excluding hydrogens is 364 g/mol. The Morgan fingerprint density at radius 1 is 1.15 bits per heavy atom. The zero-order valence-corrected chi connectivity index (χ0v) is 15.7. The second-order valence-electron chi connectivity index (χ2n) is 7.03. The zero-order valence-electron chi connectivity index (χ0n) is 14.9. The SMILES string of the molecule is O=C(COc1ccccc1Cl)Nc1ccc2c(c1)CN(C(=O)C1CC1)CC2. The van der Waals surface area contributed by atoms with Crippen molar-refractivity contribution in [1.29, 1.82) is 0 Å². The van der Waals surface area contributed by atoms with E-state index in [-0.39, 0.29) is 24.3 Å². The van der Waals surface area contributed by atoms with E-state index >= 15 is 0 Å². The number of anilines is 1. The van der Waals surface area contributed by atoms with Crippen molar-refractivity contribution >= 4 is 29.1 Å². The Morgan fingerprint density at radius 2 is 1.96 bits per heavy atom. The molecule has 1 N–H and O–H groups in total. The molecule has 0 spiro atoms. The maximum atomic E-state index is 12.3. The lowest BCUT2D eigenvalue weighted by Crippen LogP contribution is -2.36. The number of carbonyl (C=O) groups excluding carboxylic acids is 2. The van der Waals surface area contributed by atoms with Crippen LogP contribution in [0.3, 0.4) is 0 Å². The molecule has 0 radical (unpaired) electrons. The largest absolute Gasteiger partial charge is 0.482 e. The number of amides is 2. The summed E-state index contributed by atoms with van der Waals surface area (Å²) < 4.78 is 5.47. The number of halogens is 1. The maximum absolute atomic E-state index is 12.3. The molecule has 1 aliphatic heterocycles. The van der Waals surface area contributed by atoms with E-state index in [0.717, 1.165) is 31.4 Å². The van der Waals surface area contributed by atoms with E-state index in [2.05, 4.69) is 5.32 Å². The van der Waals surface area contributed by atoms with Crippen LogP contribution in [0.2, 0.25) is 5.02 Å². The third-order valence-electron chi connectivity index (χ3n) is 4.94. The van der Waals surface area contributed by atoms with Gasteiger partial charge in [-0.25, -0.2) is 0 Å². The van der Waals surface area contributed by atoms with E-state index < -0.39 is 0 Å². The summed E-state index contributed by atoms with van der Waals surface area (Å²) in [6.07, 6.45) is 2.89. The van der Waals surface area contributed by atoms with E-state index in [1.165, 1.54) is 5.56 Å². The average molecular weight is 385 g/mol. The highest BCUT2D eigenvalue weighted by Crippen LogP contribution is 2.33. The van der Waals surface area contributed by atoms with Crippen LogP contribution in [0.25, 0.3) is 0 Å². The first-order chi connectivity index (χ1) is 13.1. The molecule has 0 bridgehead atoms. The topological polar surface area (TPSA) is 58.6 Å². The number of hydrogen-bond donors (Lipinski definition) is 1. The number of rotatable bonds is 5. The first-order valence-corrected chi connectivity index (χ1v) is 9.56. The maximum Gasteiger partial charge on any atom is 0.262 e. The van der Waals surface area contributed by atoms with Gasteiger partial charge in [0.15, 0.2) is 6.61 Å². The lowest BCUT2D eigenvalue weighted by molar-refractivity contribution is -0.133. The van der Waals surface area contributed by atoms with Crippen LogP contribution in [0.4, 0.5) is 5.69 Å². The predicted molar refractivity (Wildman–Crippen MR) is 104 cm³/mol. The van der Waals surface area contributed by atoms with Crippen molar-refractivity contribution in [3.8, 4) is 5.75 Å². The molecular formula is C21H21ClN2O3. The molecule has 2 amide bonds. The third-order valence-corrected chi connectivity index (χ3v) is 5.25. The molecule has 4 rings (SSSR count). The number of nitrogens with zero attached hydrogens (tertiary/aromatic N) is 1. The summed E-state index contributed by atoms with van der Waals surface area (Å²) in [5.74, 6) is 0.727. The average Bonchev–Trinajstić information content (AvgIpc) is 3.51. The summed E-state index contributed by atoms with van der Waals surface area (Å²) in [5, 5.41) is 3.32. The fraction of sp³-hybridized carbons (Fsp3) is 0.333. The second kappa shape index (κ2) is 7.61. The lowest BCUT2D eigenvalue weighted by atomic mass is 9.98. The Morgan fingerprint density at radius 3 is 2.74 bits per heavy atom. The highest BCUT2D eigenvalue weighted by atomic mass is 35.5. The Bertz CT molecular complexity index is 879. The fourth-order valence-corrected chi connectivity index (χ4v) is 3.50. The van der Waals surface area contributed by atoms with Gasteiger partial charge in [0.25, 0.3) is 5.91 Å². The van der Waals surface area contributed by atoms with Crippen LogP contribution in [-0.2, 0) is 22.6 Å². The molecule has 1 saturated carbocycles. The number of fused-ring (bicyclic) bond motifs is 1. The highest BCUT2D eigenvalue weighted by molar-refractivity contribution is 6.32. The van der Waals surface area contributed by atoms with Crippen molar-refractivity contribution < 1.29 is 14.3 Å². The summed E-state index contributed by atoms with van der Waals surface area (Å²) in [4.78, 5) is 26.4. The molecule has 1 heterocycles. The molecule has 0 unspecified atom stereocenters. The lowest BCUT2D eigenvalue weighted by Gasteiger charge is -2.29. The monoisotopic (exact) mass is 384 g/mol. The van der Waals surface area contributed by atoms with Gasteiger partial charge < -0.3 is 15.0 Å². The Hall–Kier alpha value is -2.53. The van der Waals surface area contributed by atoms with E-state index in [9.17, 15) is 9.59 Å². The number of nitrogens with one attached hydrogen (secondary N) is 1. The van der Waals surface area contributed by atoms with Gasteiger partial charge in [0, 0.05) is 24.7 Å². The van der Waals surface area contributed by atoms with Gasteiger partial charge in [-0.3, -0.25) is 9.59 Å². The van der Waals surface area contributed by atoms with Crippen molar-refractivity contribution in [3.63, 3.8) is 0 Å². The molecule has 6 heteroatoms. The minimum absolute atomic E-state index is 0.118. The molecule has 140 valence electrons. The van der Waals surface area contributed by atoms with Crippen LogP contribution in [0.1, 0.15) is 24.0 Å². The summed E-state index contributed by atoms with van der Waals surface area (Å²) in [6, 6.07) is 12.9. The number of carbonyl (C=O) groups is 2. The van der Waals surface area contributed by atoms with Crippen LogP contribution in [0, 0.1) is 5.92 Å². The number of ether oxygens (including phenoxy) is 1. The summed E-state index contributed by atoms with van der Waals surface area (Å²) in [5.41, 5.74) is 3.04. The molecule has 27 heavy (non-hydrogen) atoms. The predicted octanol–water partition coefficient (Wildman–Crippen LogP) is 3.65. The molecule has 2 aromatic rings. The molecule has 1 fully saturated rings. The van der Waals surface area contributed by atoms with Gasteiger partial charge in [0.2, 0.25) is 5.91 Å². The minimum atomic E-state index is -0.253.